The van der Waals surface area contributed by atoms with Crippen molar-refractivity contribution < 1.29 is 9.31 Å². The van der Waals surface area contributed by atoms with Crippen molar-refractivity contribution in [3.05, 3.63) is 34.1 Å². The lowest BCUT2D eigenvalue weighted by atomic mass is 9.91. The lowest BCUT2D eigenvalue weighted by Gasteiger charge is -2.30. The Hall–Kier alpha value is -1.69. The molecule has 1 aliphatic carbocycles. The number of rotatable bonds is 3. The van der Waals surface area contributed by atoms with Crippen molar-refractivity contribution in [2.45, 2.75) is 37.8 Å². The first-order chi connectivity index (χ1) is 8.56. The van der Waals surface area contributed by atoms with E-state index in [1.807, 2.05) is 0 Å². The van der Waals surface area contributed by atoms with Crippen molar-refractivity contribution in [1.29, 1.82) is 0 Å². The van der Waals surface area contributed by atoms with Gasteiger partial charge in [0, 0.05) is 23.8 Å². The predicted molar refractivity (Wildman–Crippen MR) is 66.9 cm³/mol. The van der Waals surface area contributed by atoms with Crippen LogP contribution in [0.2, 0.25) is 0 Å². The van der Waals surface area contributed by atoms with Crippen LogP contribution >= 0.6 is 0 Å². The zero-order valence-electron chi connectivity index (χ0n) is 9.93. The van der Waals surface area contributed by atoms with Gasteiger partial charge in [-0.15, -0.1) is 0 Å². The van der Waals surface area contributed by atoms with Crippen LogP contribution in [-0.4, -0.2) is 17.0 Å². The van der Waals surface area contributed by atoms with Crippen LogP contribution in [0.25, 0.3) is 0 Å². The van der Waals surface area contributed by atoms with Gasteiger partial charge >= 0.3 is 0 Å². The molecule has 6 heteroatoms. The SMILES string of the molecule is NC1CCCCC1Nc1cc(F)cc([N+](=O)[O-])c1. The molecule has 1 fully saturated rings. The maximum Gasteiger partial charge on any atom is 0.274 e. The summed E-state index contributed by atoms with van der Waals surface area (Å²) in [4.78, 5) is 10.0. The molecule has 1 saturated carbocycles. The summed E-state index contributed by atoms with van der Waals surface area (Å²) in [5.74, 6) is -0.615. The van der Waals surface area contributed by atoms with Crippen LogP contribution in [0.1, 0.15) is 25.7 Å². The fourth-order valence-electron chi connectivity index (χ4n) is 2.32. The lowest BCUT2D eigenvalue weighted by molar-refractivity contribution is -0.385. The van der Waals surface area contributed by atoms with Crippen molar-refractivity contribution in [3.8, 4) is 0 Å². The van der Waals surface area contributed by atoms with Crippen LogP contribution in [0.4, 0.5) is 15.8 Å². The highest BCUT2D eigenvalue weighted by molar-refractivity contribution is 5.52. The zero-order chi connectivity index (χ0) is 13.1. The third-order valence-electron chi connectivity index (χ3n) is 3.26. The zero-order valence-corrected chi connectivity index (χ0v) is 9.93. The molecule has 5 nitrogen and oxygen atoms in total. The van der Waals surface area contributed by atoms with Crippen LogP contribution < -0.4 is 11.1 Å². The highest BCUT2D eigenvalue weighted by Gasteiger charge is 2.22. The van der Waals surface area contributed by atoms with Crippen molar-refractivity contribution in [1.82, 2.24) is 0 Å². The van der Waals surface area contributed by atoms with Gasteiger partial charge in [0.2, 0.25) is 0 Å². The average Bonchev–Trinajstić information content (AvgIpc) is 2.31. The first-order valence-electron chi connectivity index (χ1n) is 6.03. The maximum absolute atomic E-state index is 13.3. The van der Waals surface area contributed by atoms with Gasteiger partial charge < -0.3 is 11.1 Å². The number of hydrogen-bond acceptors (Lipinski definition) is 4. The number of nitrogens with zero attached hydrogens (tertiary/aromatic N) is 1. The molecular weight excluding hydrogens is 237 g/mol. The Kier molecular flexibility index (Phi) is 3.76. The largest absolute Gasteiger partial charge is 0.380 e. The van der Waals surface area contributed by atoms with E-state index in [1.165, 1.54) is 12.1 Å². The smallest absolute Gasteiger partial charge is 0.274 e. The molecule has 0 aromatic heterocycles. The summed E-state index contributed by atoms with van der Waals surface area (Å²) in [6, 6.07) is 3.58. The number of nitro benzene ring substituents is 1. The predicted octanol–water partition coefficient (Wildman–Crippen LogP) is 2.42. The summed E-state index contributed by atoms with van der Waals surface area (Å²) in [7, 11) is 0. The van der Waals surface area contributed by atoms with Crippen molar-refractivity contribution in [2.24, 2.45) is 5.73 Å². The molecule has 0 aliphatic heterocycles. The van der Waals surface area contributed by atoms with E-state index >= 15 is 0 Å². The van der Waals surface area contributed by atoms with E-state index in [1.54, 1.807) is 0 Å². The van der Waals surface area contributed by atoms with Crippen LogP contribution in [0, 0.1) is 15.9 Å². The Morgan fingerprint density at radius 2 is 2.06 bits per heavy atom. The second kappa shape index (κ2) is 5.30. The number of nitro groups is 1. The summed E-state index contributed by atoms with van der Waals surface area (Å²) in [6.45, 7) is 0. The van der Waals surface area contributed by atoms with Gasteiger partial charge in [0.25, 0.3) is 5.69 Å². The van der Waals surface area contributed by atoms with Crippen molar-refractivity contribution in [2.75, 3.05) is 5.32 Å². The molecule has 0 saturated heterocycles. The lowest BCUT2D eigenvalue weighted by Crippen LogP contribution is -2.42. The molecular formula is C12H16FN3O2. The molecule has 0 heterocycles. The average molecular weight is 253 g/mol. The third kappa shape index (κ3) is 2.95. The molecule has 1 aromatic carbocycles. The minimum Gasteiger partial charge on any atom is -0.380 e. The maximum atomic E-state index is 13.3. The molecule has 1 aromatic rings. The van der Waals surface area contributed by atoms with E-state index in [0.717, 1.165) is 31.7 Å². The van der Waals surface area contributed by atoms with E-state index in [0.29, 0.717) is 5.69 Å². The van der Waals surface area contributed by atoms with Gasteiger partial charge in [-0.1, -0.05) is 12.8 Å². The number of nitrogens with one attached hydrogen (secondary N) is 1. The Balaban J connectivity index is 2.15. The number of halogens is 1. The summed E-state index contributed by atoms with van der Waals surface area (Å²) in [5.41, 5.74) is 6.14. The number of benzene rings is 1. The highest BCUT2D eigenvalue weighted by atomic mass is 19.1. The van der Waals surface area contributed by atoms with E-state index in [9.17, 15) is 14.5 Å². The molecule has 2 atom stereocenters. The van der Waals surface area contributed by atoms with Crippen LogP contribution in [0.5, 0.6) is 0 Å². The van der Waals surface area contributed by atoms with Crippen LogP contribution in [-0.2, 0) is 0 Å². The Bertz CT molecular complexity index is 453. The molecule has 3 N–H and O–H groups in total. The fraction of sp³-hybridized carbons (Fsp3) is 0.500. The van der Waals surface area contributed by atoms with Crippen LogP contribution in [0.15, 0.2) is 18.2 Å². The monoisotopic (exact) mass is 253 g/mol. The summed E-state index contributed by atoms with van der Waals surface area (Å²) >= 11 is 0. The van der Waals surface area contributed by atoms with Crippen molar-refractivity contribution >= 4 is 11.4 Å². The minimum absolute atomic E-state index is 0.0149. The fourth-order valence-corrected chi connectivity index (χ4v) is 2.32. The second-order valence-electron chi connectivity index (χ2n) is 4.65. The number of hydrogen-bond donors (Lipinski definition) is 2. The molecule has 0 radical (unpaired) electrons. The van der Waals surface area contributed by atoms with E-state index < -0.39 is 10.7 Å². The standard InChI is InChI=1S/C12H16FN3O2/c13-8-5-9(7-10(6-8)16(17)18)15-12-4-2-1-3-11(12)14/h5-7,11-12,15H,1-4,14H2. The van der Waals surface area contributed by atoms with E-state index in [2.05, 4.69) is 5.32 Å². The van der Waals surface area contributed by atoms with Gasteiger partial charge in [-0.05, 0) is 18.9 Å². The summed E-state index contributed by atoms with van der Waals surface area (Å²) in [5, 5.41) is 13.7. The van der Waals surface area contributed by atoms with E-state index in [4.69, 9.17) is 5.73 Å². The summed E-state index contributed by atoms with van der Waals surface area (Å²) < 4.78 is 13.3. The molecule has 2 rings (SSSR count). The minimum atomic E-state index is -0.615. The van der Waals surface area contributed by atoms with Gasteiger partial charge in [-0.2, -0.15) is 0 Å². The molecule has 1 aliphatic rings. The number of nitrogens with two attached hydrogens (primary N) is 1. The van der Waals surface area contributed by atoms with Gasteiger partial charge in [-0.25, -0.2) is 4.39 Å². The van der Waals surface area contributed by atoms with Gasteiger partial charge in [0.1, 0.15) is 5.82 Å². The van der Waals surface area contributed by atoms with Gasteiger partial charge in [0.05, 0.1) is 11.0 Å². The molecule has 98 valence electrons. The molecule has 2 unspecified atom stereocenters. The van der Waals surface area contributed by atoms with E-state index in [-0.39, 0.29) is 17.8 Å². The number of non-ortho nitro benzene ring substituents is 1. The Labute approximate surface area is 104 Å². The molecule has 0 spiro atoms. The van der Waals surface area contributed by atoms with Gasteiger partial charge in [0.15, 0.2) is 0 Å². The van der Waals surface area contributed by atoms with Crippen LogP contribution in [0.3, 0.4) is 0 Å². The molecule has 18 heavy (non-hydrogen) atoms. The normalized spacial score (nSPS) is 23.7. The Morgan fingerprint density at radius 3 is 2.72 bits per heavy atom. The third-order valence-corrected chi connectivity index (χ3v) is 3.26. The molecule has 0 amide bonds. The quantitative estimate of drug-likeness (QED) is 0.640. The second-order valence-corrected chi connectivity index (χ2v) is 4.65. The first kappa shape index (κ1) is 12.8. The Morgan fingerprint density at radius 1 is 1.33 bits per heavy atom. The molecule has 0 bridgehead atoms. The van der Waals surface area contributed by atoms with Gasteiger partial charge in [-0.3, -0.25) is 10.1 Å². The first-order valence-corrected chi connectivity index (χ1v) is 6.03. The number of anilines is 1. The summed E-state index contributed by atoms with van der Waals surface area (Å²) in [6.07, 6.45) is 4.01. The topological polar surface area (TPSA) is 81.2 Å². The highest BCUT2D eigenvalue weighted by Crippen LogP contribution is 2.24. The van der Waals surface area contributed by atoms with Crippen molar-refractivity contribution in [3.63, 3.8) is 0 Å².